The number of nitrogens with one attached hydrogen (secondary N) is 1. The molecule has 116 valence electrons. The van der Waals surface area contributed by atoms with Crippen LogP contribution in [-0.2, 0) is 0 Å². The zero-order valence-corrected chi connectivity index (χ0v) is 12.9. The Bertz CT molecular complexity index is 830. The number of hydrogen-bond donors (Lipinski definition) is 3. The summed E-state index contributed by atoms with van der Waals surface area (Å²) < 4.78 is 0. The number of hydrogen-bond acceptors (Lipinski definition) is 6. The van der Waals surface area contributed by atoms with Crippen molar-refractivity contribution in [3.8, 4) is 17.6 Å². The van der Waals surface area contributed by atoms with Crippen molar-refractivity contribution in [2.75, 3.05) is 5.43 Å². The Morgan fingerprint density at radius 2 is 1.70 bits per heavy atom. The Morgan fingerprint density at radius 3 is 2.39 bits per heavy atom. The number of hydrazone groups is 1. The van der Waals surface area contributed by atoms with Crippen molar-refractivity contribution in [1.29, 1.82) is 5.26 Å². The van der Waals surface area contributed by atoms with Crippen molar-refractivity contribution >= 4 is 40.4 Å². The third-order valence-corrected chi connectivity index (χ3v) is 3.20. The fourth-order valence-corrected chi connectivity index (χ4v) is 1.82. The highest BCUT2D eigenvalue weighted by atomic mass is 35.5. The van der Waals surface area contributed by atoms with E-state index >= 15 is 0 Å². The minimum Gasteiger partial charge on any atom is -0.504 e. The predicted molar refractivity (Wildman–Crippen MR) is 87.4 cm³/mol. The monoisotopic (exact) mass is 349 g/mol. The number of benzene rings is 2. The van der Waals surface area contributed by atoms with Crippen molar-refractivity contribution in [3.05, 3.63) is 46.4 Å². The van der Waals surface area contributed by atoms with Crippen LogP contribution in [0.4, 0.5) is 11.4 Å². The lowest BCUT2D eigenvalue weighted by molar-refractivity contribution is 0.476. The number of rotatable bonds is 3. The molecule has 2 aromatic rings. The first-order valence-electron chi connectivity index (χ1n) is 6.13. The van der Waals surface area contributed by atoms with E-state index in [1.165, 1.54) is 24.3 Å². The molecule has 2 rings (SSSR count). The number of amidine groups is 1. The average Bonchev–Trinajstić information content (AvgIpc) is 2.55. The molecular weight excluding hydrogens is 341 g/mol. The van der Waals surface area contributed by atoms with Crippen LogP contribution < -0.4 is 5.43 Å². The predicted octanol–water partition coefficient (Wildman–Crippen LogP) is 4.44. The van der Waals surface area contributed by atoms with Crippen LogP contribution in [0, 0.1) is 11.3 Å². The Labute approximate surface area is 141 Å². The van der Waals surface area contributed by atoms with E-state index < -0.39 is 0 Å². The zero-order valence-electron chi connectivity index (χ0n) is 11.4. The van der Waals surface area contributed by atoms with Crippen molar-refractivity contribution in [1.82, 2.24) is 0 Å². The topological polar surface area (TPSA) is 113 Å². The number of azo groups is 1. The van der Waals surface area contributed by atoms with Gasteiger partial charge < -0.3 is 10.2 Å². The highest BCUT2D eigenvalue weighted by Gasteiger charge is 2.06. The first kappa shape index (κ1) is 16.5. The summed E-state index contributed by atoms with van der Waals surface area (Å²) >= 11 is 11.5. The minimum absolute atomic E-state index is 0.0889. The molecule has 0 atom stereocenters. The molecule has 0 aliphatic rings. The molecule has 0 saturated carbocycles. The number of nitriles is 1. The summed E-state index contributed by atoms with van der Waals surface area (Å²) in [5.41, 5.74) is 2.74. The minimum atomic E-state index is -0.330. The van der Waals surface area contributed by atoms with E-state index in [-0.39, 0.29) is 38.8 Å². The van der Waals surface area contributed by atoms with Gasteiger partial charge in [0.2, 0.25) is 0 Å². The third-order valence-electron chi connectivity index (χ3n) is 2.59. The second-order valence-electron chi connectivity index (χ2n) is 4.10. The summed E-state index contributed by atoms with van der Waals surface area (Å²) in [6, 6.07) is 10.8. The van der Waals surface area contributed by atoms with Crippen LogP contribution in [0.15, 0.2) is 51.7 Å². The summed E-state index contributed by atoms with van der Waals surface area (Å²) in [7, 11) is 0. The van der Waals surface area contributed by atoms with Gasteiger partial charge in [-0.15, -0.1) is 15.3 Å². The first-order chi connectivity index (χ1) is 11.0. The Balaban J connectivity index is 2.20. The molecule has 2 aromatic carbocycles. The number of nitrogens with zero attached hydrogens (tertiary/aromatic N) is 4. The van der Waals surface area contributed by atoms with Crippen LogP contribution in [0.1, 0.15) is 0 Å². The molecule has 0 amide bonds. The molecule has 0 aliphatic carbocycles. The van der Waals surface area contributed by atoms with Gasteiger partial charge >= 0.3 is 0 Å². The van der Waals surface area contributed by atoms with E-state index in [9.17, 15) is 10.2 Å². The molecule has 0 radical (unpaired) electrons. The van der Waals surface area contributed by atoms with Gasteiger partial charge in [-0.3, -0.25) is 5.43 Å². The van der Waals surface area contributed by atoms with Crippen molar-refractivity contribution in [2.24, 2.45) is 15.3 Å². The molecule has 9 heteroatoms. The van der Waals surface area contributed by atoms with Gasteiger partial charge in [-0.1, -0.05) is 35.3 Å². The van der Waals surface area contributed by atoms with E-state index in [1.54, 1.807) is 18.2 Å². The van der Waals surface area contributed by atoms with Crippen molar-refractivity contribution < 1.29 is 10.2 Å². The summed E-state index contributed by atoms with van der Waals surface area (Å²) in [4.78, 5) is 0. The average molecular weight is 350 g/mol. The molecule has 0 bridgehead atoms. The van der Waals surface area contributed by atoms with Crippen LogP contribution in [0.2, 0.25) is 10.0 Å². The Kier molecular flexibility index (Phi) is 5.36. The number of aromatic hydroxyl groups is 2. The van der Waals surface area contributed by atoms with E-state index in [1.807, 2.05) is 0 Å². The molecule has 0 aromatic heterocycles. The van der Waals surface area contributed by atoms with Gasteiger partial charge in [0, 0.05) is 0 Å². The largest absolute Gasteiger partial charge is 0.504 e. The molecule has 7 nitrogen and oxygen atoms in total. The maximum absolute atomic E-state index is 9.71. The molecular formula is C14H9Cl2N5O2. The van der Waals surface area contributed by atoms with Crippen LogP contribution in [0.3, 0.4) is 0 Å². The molecule has 0 spiro atoms. The number of anilines is 1. The molecule has 0 heterocycles. The Morgan fingerprint density at radius 1 is 1.04 bits per heavy atom. The molecule has 3 N–H and O–H groups in total. The third kappa shape index (κ3) is 4.10. The smallest absolute Gasteiger partial charge is 0.270 e. The zero-order chi connectivity index (χ0) is 16.8. The Hall–Kier alpha value is -2.82. The van der Waals surface area contributed by atoms with Gasteiger partial charge in [-0.2, -0.15) is 5.26 Å². The number of halogens is 2. The van der Waals surface area contributed by atoms with Crippen LogP contribution in [0.5, 0.6) is 11.5 Å². The van der Waals surface area contributed by atoms with Gasteiger partial charge in [0.25, 0.3) is 5.84 Å². The van der Waals surface area contributed by atoms with Crippen LogP contribution in [-0.4, -0.2) is 16.0 Å². The lowest BCUT2D eigenvalue weighted by atomic mass is 10.3. The highest BCUT2D eigenvalue weighted by molar-refractivity contribution is 6.32. The van der Waals surface area contributed by atoms with E-state index in [0.29, 0.717) is 0 Å². The first-order valence-corrected chi connectivity index (χ1v) is 6.89. The quantitative estimate of drug-likeness (QED) is 0.250. The van der Waals surface area contributed by atoms with Crippen molar-refractivity contribution in [2.45, 2.75) is 0 Å². The van der Waals surface area contributed by atoms with Gasteiger partial charge in [0.15, 0.2) is 11.5 Å². The van der Waals surface area contributed by atoms with Gasteiger partial charge in [-0.25, -0.2) is 0 Å². The number of phenolic OH excluding ortho intramolecular Hbond substituents is 2. The van der Waals surface area contributed by atoms with E-state index in [4.69, 9.17) is 28.5 Å². The van der Waals surface area contributed by atoms with E-state index in [2.05, 4.69) is 20.8 Å². The van der Waals surface area contributed by atoms with Gasteiger partial charge in [-0.05, 0) is 24.3 Å². The fraction of sp³-hybridized carbons (Fsp3) is 0. The number of para-hydroxylation sites is 2. The molecule has 0 saturated heterocycles. The molecule has 0 unspecified atom stereocenters. The summed E-state index contributed by atoms with van der Waals surface area (Å²) in [6.07, 6.45) is 0. The van der Waals surface area contributed by atoms with Crippen LogP contribution in [0.25, 0.3) is 0 Å². The maximum Gasteiger partial charge on any atom is 0.270 e. The second kappa shape index (κ2) is 7.45. The lowest BCUT2D eigenvalue weighted by Gasteiger charge is -2.04. The van der Waals surface area contributed by atoms with Gasteiger partial charge in [0.1, 0.15) is 11.8 Å². The second-order valence-corrected chi connectivity index (χ2v) is 4.92. The van der Waals surface area contributed by atoms with E-state index in [0.717, 1.165) is 0 Å². The SMILES string of the molecule is N#C/C(N=Nc1cccc(Cl)c1O)=N/Nc1cccc(Cl)c1O. The molecule has 0 fully saturated rings. The highest BCUT2D eigenvalue weighted by Crippen LogP contribution is 2.33. The standard InChI is InChI=1S/C14H9Cl2N5O2/c15-8-3-1-5-10(13(8)22)18-20-12(7-17)21-19-11-6-2-4-9(16)14(11)23/h1-6,18,22-23H/b20-12-,21-19?. The van der Waals surface area contributed by atoms with Crippen LogP contribution >= 0.6 is 23.2 Å². The van der Waals surface area contributed by atoms with Crippen molar-refractivity contribution in [3.63, 3.8) is 0 Å². The molecule has 0 aliphatic heterocycles. The summed E-state index contributed by atoms with van der Waals surface area (Å²) in [6.45, 7) is 0. The summed E-state index contributed by atoms with van der Waals surface area (Å²) in [5.74, 6) is -0.793. The fourth-order valence-electron chi connectivity index (χ4n) is 1.47. The summed E-state index contributed by atoms with van der Waals surface area (Å²) in [5, 5.41) is 39.6. The number of phenols is 2. The molecule has 23 heavy (non-hydrogen) atoms. The van der Waals surface area contributed by atoms with Gasteiger partial charge in [0.05, 0.1) is 15.7 Å². The lowest BCUT2D eigenvalue weighted by Crippen LogP contribution is -1.96. The normalized spacial score (nSPS) is 11.4. The maximum atomic E-state index is 9.71.